The van der Waals surface area contributed by atoms with Gasteiger partial charge in [0.2, 0.25) is 0 Å². The maximum absolute atomic E-state index is 12.6. The van der Waals surface area contributed by atoms with E-state index in [4.69, 9.17) is 0 Å². The van der Waals surface area contributed by atoms with Gasteiger partial charge < -0.3 is 4.57 Å². The maximum atomic E-state index is 12.6. The molecule has 0 aliphatic rings. The highest BCUT2D eigenvalue weighted by molar-refractivity contribution is 7.16. The van der Waals surface area contributed by atoms with Crippen molar-refractivity contribution in [1.29, 1.82) is 0 Å². The molecule has 0 aliphatic heterocycles. The molecule has 0 aliphatic carbocycles. The van der Waals surface area contributed by atoms with Gasteiger partial charge in [-0.05, 0) is 70.9 Å². The average molecular weight is 356 g/mol. The number of thiazole rings is 1. The first-order chi connectivity index (χ1) is 11.8. The molecule has 3 aromatic rings. The minimum Gasteiger partial charge on any atom is -0.317 e. The van der Waals surface area contributed by atoms with E-state index in [9.17, 15) is 4.79 Å². The molecule has 132 valence electrons. The van der Waals surface area contributed by atoms with Crippen molar-refractivity contribution in [2.45, 2.75) is 54.1 Å². The van der Waals surface area contributed by atoms with Gasteiger partial charge in [0.25, 0.3) is 5.91 Å². The van der Waals surface area contributed by atoms with Gasteiger partial charge >= 0.3 is 0 Å². The largest absolute Gasteiger partial charge is 0.317 e. The number of carbonyl (C=O) groups is 1. The Hall–Kier alpha value is -2.21. The molecular weight excluding hydrogens is 332 g/mol. The van der Waals surface area contributed by atoms with Gasteiger partial charge in [-0.15, -0.1) is 0 Å². The Bertz CT molecular complexity index is 1020. The summed E-state index contributed by atoms with van der Waals surface area (Å²) in [6.45, 7) is 13.1. The third kappa shape index (κ3) is 3.18. The van der Waals surface area contributed by atoms with Crippen molar-refractivity contribution in [1.82, 2.24) is 14.3 Å². The fourth-order valence-corrected chi connectivity index (χ4v) is 4.14. The Morgan fingerprint density at radius 3 is 2.48 bits per heavy atom. The first-order valence-corrected chi connectivity index (χ1v) is 9.39. The molecule has 6 heteroatoms. The van der Waals surface area contributed by atoms with Crippen molar-refractivity contribution < 1.29 is 4.79 Å². The number of nitrogens with zero attached hydrogens (tertiary/aromatic N) is 4. The molecule has 1 aromatic carbocycles. The third-order valence-electron chi connectivity index (χ3n) is 4.44. The van der Waals surface area contributed by atoms with E-state index in [0.29, 0.717) is 5.69 Å². The van der Waals surface area contributed by atoms with Crippen molar-refractivity contribution in [2.75, 3.05) is 0 Å². The zero-order valence-corrected chi connectivity index (χ0v) is 16.4. The predicted octanol–water partition coefficient (Wildman–Crippen LogP) is 4.17. The maximum Gasteiger partial charge on any atom is 0.300 e. The molecule has 0 saturated carbocycles. The van der Waals surface area contributed by atoms with Gasteiger partial charge in [-0.1, -0.05) is 11.3 Å². The number of hydrogen-bond acceptors (Lipinski definition) is 3. The number of carbonyl (C=O) groups excluding carboxylic acids is 1. The molecule has 2 aromatic heterocycles. The lowest BCUT2D eigenvalue weighted by Crippen LogP contribution is -2.16. The van der Waals surface area contributed by atoms with Crippen LogP contribution < -0.4 is 4.80 Å². The SMILES string of the molecule is CCn1c(=NC(=O)c2cc(C)n(C(C)C)n2)sc2cc(C)c(C)cc21. The van der Waals surface area contributed by atoms with Crippen LogP contribution in [0.4, 0.5) is 0 Å². The fourth-order valence-electron chi connectivity index (χ4n) is 2.97. The standard InChI is InChI=1S/C19H24N4OS/c1-7-22-16-8-12(4)13(5)9-17(16)25-19(22)20-18(24)15-10-14(6)23(21-15)11(2)3/h8-11H,7H2,1-6H3. The van der Waals surface area contributed by atoms with Crippen LogP contribution >= 0.6 is 11.3 Å². The number of aromatic nitrogens is 3. The van der Waals surface area contributed by atoms with Crippen LogP contribution in [-0.4, -0.2) is 20.3 Å². The lowest BCUT2D eigenvalue weighted by Gasteiger charge is -2.06. The van der Waals surface area contributed by atoms with E-state index in [1.54, 1.807) is 11.3 Å². The van der Waals surface area contributed by atoms with Gasteiger partial charge in [-0.3, -0.25) is 9.48 Å². The highest BCUT2D eigenvalue weighted by atomic mass is 32.1. The highest BCUT2D eigenvalue weighted by Crippen LogP contribution is 2.22. The van der Waals surface area contributed by atoms with E-state index in [-0.39, 0.29) is 11.9 Å². The average Bonchev–Trinajstić information content (AvgIpc) is 3.08. The lowest BCUT2D eigenvalue weighted by molar-refractivity contribution is 0.0992. The molecule has 2 heterocycles. The second kappa shape index (κ2) is 6.59. The molecule has 0 fully saturated rings. The summed E-state index contributed by atoms with van der Waals surface area (Å²) >= 11 is 1.55. The van der Waals surface area contributed by atoms with Crippen LogP contribution in [0.2, 0.25) is 0 Å². The Kier molecular flexibility index (Phi) is 4.64. The summed E-state index contributed by atoms with van der Waals surface area (Å²) < 4.78 is 5.10. The van der Waals surface area contributed by atoms with Crippen LogP contribution in [0.15, 0.2) is 23.2 Å². The van der Waals surface area contributed by atoms with Crippen molar-refractivity contribution in [3.8, 4) is 0 Å². The van der Waals surface area contributed by atoms with Crippen molar-refractivity contribution in [3.63, 3.8) is 0 Å². The van der Waals surface area contributed by atoms with Gasteiger partial charge in [-0.25, -0.2) is 0 Å². The van der Waals surface area contributed by atoms with E-state index in [1.165, 1.54) is 11.1 Å². The quantitative estimate of drug-likeness (QED) is 0.707. The smallest absolute Gasteiger partial charge is 0.300 e. The number of rotatable bonds is 3. The first-order valence-electron chi connectivity index (χ1n) is 8.57. The summed E-state index contributed by atoms with van der Waals surface area (Å²) in [5, 5.41) is 4.41. The van der Waals surface area contributed by atoms with Gasteiger partial charge in [0, 0.05) is 18.3 Å². The minimum absolute atomic E-state index is 0.220. The van der Waals surface area contributed by atoms with Crippen molar-refractivity contribution in [2.24, 2.45) is 4.99 Å². The number of fused-ring (bicyclic) bond motifs is 1. The molecule has 0 atom stereocenters. The second-order valence-corrected chi connectivity index (χ2v) is 7.67. The highest BCUT2D eigenvalue weighted by Gasteiger charge is 2.14. The molecule has 0 radical (unpaired) electrons. The number of amides is 1. The Labute approximate surface area is 151 Å². The van der Waals surface area contributed by atoms with Gasteiger partial charge in [0.1, 0.15) is 0 Å². The summed E-state index contributed by atoms with van der Waals surface area (Å²) in [5.41, 5.74) is 5.00. The van der Waals surface area contributed by atoms with Crippen LogP contribution in [0.5, 0.6) is 0 Å². The normalized spacial score (nSPS) is 12.5. The monoisotopic (exact) mass is 356 g/mol. The van der Waals surface area contributed by atoms with Crippen molar-refractivity contribution >= 4 is 27.5 Å². The summed E-state index contributed by atoms with van der Waals surface area (Å²) in [7, 11) is 0. The van der Waals surface area contributed by atoms with Gasteiger partial charge in [-0.2, -0.15) is 10.1 Å². The Morgan fingerprint density at radius 1 is 1.20 bits per heavy atom. The van der Waals surface area contributed by atoms with E-state index in [0.717, 1.165) is 27.3 Å². The topological polar surface area (TPSA) is 52.2 Å². The lowest BCUT2D eigenvalue weighted by atomic mass is 10.1. The fraction of sp³-hybridized carbons (Fsp3) is 0.421. The molecule has 0 N–H and O–H groups in total. The third-order valence-corrected chi connectivity index (χ3v) is 5.48. The van der Waals surface area contributed by atoms with Crippen LogP contribution in [0.1, 0.15) is 54.1 Å². The number of aryl methyl sites for hydroxylation is 4. The Balaban J connectivity index is 2.11. The van der Waals surface area contributed by atoms with Crippen LogP contribution in [-0.2, 0) is 6.54 Å². The summed E-state index contributed by atoms with van der Waals surface area (Å²) in [4.78, 5) is 17.7. The summed E-state index contributed by atoms with van der Waals surface area (Å²) in [5.74, 6) is -0.287. The van der Waals surface area contributed by atoms with Gasteiger partial charge in [0.15, 0.2) is 10.5 Å². The molecule has 0 unspecified atom stereocenters. The van der Waals surface area contributed by atoms with Crippen LogP contribution in [0.3, 0.4) is 0 Å². The predicted molar refractivity (Wildman–Crippen MR) is 102 cm³/mol. The zero-order chi connectivity index (χ0) is 18.3. The second-order valence-electron chi connectivity index (χ2n) is 6.66. The van der Waals surface area contributed by atoms with E-state index in [1.807, 2.05) is 31.5 Å². The van der Waals surface area contributed by atoms with E-state index >= 15 is 0 Å². The summed E-state index contributed by atoms with van der Waals surface area (Å²) in [6.07, 6.45) is 0. The summed E-state index contributed by atoms with van der Waals surface area (Å²) in [6, 6.07) is 6.37. The molecule has 3 rings (SSSR count). The zero-order valence-electron chi connectivity index (χ0n) is 15.6. The molecule has 0 bridgehead atoms. The first kappa shape index (κ1) is 17.6. The van der Waals surface area contributed by atoms with Crippen LogP contribution in [0.25, 0.3) is 10.2 Å². The number of benzene rings is 1. The van der Waals surface area contributed by atoms with Gasteiger partial charge in [0.05, 0.1) is 10.2 Å². The van der Waals surface area contributed by atoms with Crippen molar-refractivity contribution in [3.05, 3.63) is 45.5 Å². The molecule has 25 heavy (non-hydrogen) atoms. The van der Waals surface area contributed by atoms with E-state index in [2.05, 4.69) is 47.6 Å². The molecule has 1 amide bonds. The molecule has 5 nitrogen and oxygen atoms in total. The Morgan fingerprint density at radius 2 is 1.88 bits per heavy atom. The van der Waals surface area contributed by atoms with Crippen LogP contribution in [0, 0.1) is 20.8 Å². The molecule has 0 saturated heterocycles. The molecule has 0 spiro atoms. The molecular formula is C19H24N4OS. The van der Waals surface area contributed by atoms with E-state index < -0.39 is 0 Å². The minimum atomic E-state index is -0.287. The number of hydrogen-bond donors (Lipinski definition) is 0.